The van der Waals surface area contributed by atoms with Crippen molar-refractivity contribution >= 4 is 10.0 Å². The highest BCUT2D eigenvalue weighted by molar-refractivity contribution is 7.89. The van der Waals surface area contributed by atoms with Gasteiger partial charge in [0.2, 0.25) is 10.0 Å². The van der Waals surface area contributed by atoms with Crippen LogP contribution in [0.5, 0.6) is 11.5 Å². The van der Waals surface area contributed by atoms with Crippen LogP contribution in [0.1, 0.15) is 5.56 Å². The Balaban J connectivity index is 2.29. The van der Waals surface area contributed by atoms with Crippen molar-refractivity contribution in [1.82, 2.24) is 14.1 Å². The minimum atomic E-state index is -3.62. The van der Waals surface area contributed by atoms with Crippen LogP contribution in [0.15, 0.2) is 35.5 Å². The van der Waals surface area contributed by atoms with Gasteiger partial charge in [0.05, 0.1) is 25.3 Å². The van der Waals surface area contributed by atoms with Crippen LogP contribution in [0.4, 0.5) is 0 Å². The van der Waals surface area contributed by atoms with Gasteiger partial charge >= 0.3 is 0 Å². The molecule has 7 nitrogen and oxygen atoms in total. The Morgan fingerprint density at radius 2 is 1.91 bits per heavy atom. The van der Waals surface area contributed by atoms with E-state index in [1.165, 1.54) is 37.7 Å². The third-order valence-corrected chi connectivity index (χ3v) is 5.03. The van der Waals surface area contributed by atoms with Crippen molar-refractivity contribution in [2.75, 3.05) is 21.3 Å². The molecule has 0 saturated heterocycles. The molecule has 22 heavy (non-hydrogen) atoms. The van der Waals surface area contributed by atoms with Gasteiger partial charge in [0.15, 0.2) is 11.5 Å². The molecule has 2 rings (SSSR count). The lowest BCUT2D eigenvalue weighted by atomic mass is 10.3. The molecule has 8 heteroatoms. The highest BCUT2D eigenvalue weighted by Crippen LogP contribution is 2.30. The fourth-order valence-electron chi connectivity index (χ4n) is 2.05. The summed E-state index contributed by atoms with van der Waals surface area (Å²) in [6, 6.07) is 4.52. The maximum Gasteiger partial charge on any atom is 0.243 e. The standard InChI is InChI=1S/C14H19N3O4S/c1-16-9-11(8-15-16)10-17(2)22(18,19)12-5-6-13(20-3)14(7-12)21-4/h5-9H,10H2,1-4H3. The van der Waals surface area contributed by atoms with Gasteiger partial charge in [-0.15, -0.1) is 0 Å². The fourth-order valence-corrected chi connectivity index (χ4v) is 3.23. The summed E-state index contributed by atoms with van der Waals surface area (Å²) in [6.45, 7) is 0.241. The predicted octanol–water partition coefficient (Wildman–Crippen LogP) is 1.26. The van der Waals surface area contributed by atoms with Crippen molar-refractivity contribution in [3.63, 3.8) is 0 Å². The minimum Gasteiger partial charge on any atom is -0.493 e. The summed E-state index contributed by atoms with van der Waals surface area (Å²) in [5.74, 6) is 0.856. The first kappa shape index (κ1) is 16.3. The van der Waals surface area contributed by atoms with E-state index in [1.54, 1.807) is 30.2 Å². The van der Waals surface area contributed by atoms with Crippen LogP contribution in [-0.4, -0.2) is 43.8 Å². The zero-order chi connectivity index (χ0) is 16.3. The third-order valence-electron chi connectivity index (χ3n) is 3.23. The van der Waals surface area contributed by atoms with Crippen molar-refractivity contribution in [2.45, 2.75) is 11.4 Å². The van der Waals surface area contributed by atoms with Crippen molar-refractivity contribution in [2.24, 2.45) is 7.05 Å². The van der Waals surface area contributed by atoms with E-state index in [4.69, 9.17) is 9.47 Å². The number of nitrogens with zero attached hydrogens (tertiary/aromatic N) is 3. The Morgan fingerprint density at radius 3 is 2.45 bits per heavy atom. The molecule has 1 aromatic heterocycles. The first-order valence-electron chi connectivity index (χ1n) is 6.54. The predicted molar refractivity (Wildman–Crippen MR) is 81.4 cm³/mol. The Bertz CT molecular complexity index is 755. The second kappa shape index (κ2) is 6.37. The minimum absolute atomic E-state index is 0.150. The molecule has 0 N–H and O–H groups in total. The molecule has 0 bridgehead atoms. The number of aryl methyl sites for hydroxylation is 1. The van der Waals surface area contributed by atoms with Gasteiger partial charge in [-0.2, -0.15) is 9.40 Å². The van der Waals surface area contributed by atoms with Crippen LogP contribution < -0.4 is 9.47 Å². The van der Waals surface area contributed by atoms with E-state index in [1.807, 2.05) is 0 Å². The Morgan fingerprint density at radius 1 is 1.23 bits per heavy atom. The second-order valence-electron chi connectivity index (χ2n) is 4.80. The van der Waals surface area contributed by atoms with Crippen molar-refractivity contribution in [3.05, 3.63) is 36.2 Å². The molecule has 1 aromatic carbocycles. The van der Waals surface area contributed by atoms with Gasteiger partial charge in [0, 0.05) is 38.5 Å². The van der Waals surface area contributed by atoms with Crippen LogP contribution in [0.3, 0.4) is 0 Å². The maximum atomic E-state index is 12.6. The number of aromatic nitrogens is 2. The normalized spacial score (nSPS) is 11.7. The molecule has 2 aromatic rings. The van der Waals surface area contributed by atoms with E-state index in [0.717, 1.165) is 5.56 Å². The summed E-state index contributed by atoms with van der Waals surface area (Å²) in [7, 11) is 2.65. The van der Waals surface area contributed by atoms with Gasteiger partial charge in [0.25, 0.3) is 0 Å². The number of methoxy groups -OCH3 is 2. The molecule has 0 saturated carbocycles. The van der Waals surface area contributed by atoms with Crippen LogP contribution >= 0.6 is 0 Å². The molecule has 0 atom stereocenters. The summed E-state index contributed by atoms with van der Waals surface area (Å²) in [6.07, 6.45) is 3.42. The summed E-state index contributed by atoms with van der Waals surface area (Å²) >= 11 is 0. The van der Waals surface area contributed by atoms with E-state index in [9.17, 15) is 8.42 Å². The van der Waals surface area contributed by atoms with E-state index in [2.05, 4.69) is 5.10 Å². The fraction of sp³-hybridized carbons (Fsp3) is 0.357. The molecule has 0 spiro atoms. The van der Waals surface area contributed by atoms with Gasteiger partial charge in [-0.3, -0.25) is 4.68 Å². The molecule has 0 aliphatic heterocycles. The summed E-state index contributed by atoms with van der Waals surface area (Å²) in [4.78, 5) is 0.150. The second-order valence-corrected chi connectivity index (χ2v) is 6.85. The molecular formula is C14H19N3O4S. The third kappa shape index (κ3) is 3.23. The lowest BCUT2D eigenvalue weighted by molar-refractivity contribution is 0.353. The molecule has 0 aliphatic rings. The van der Waals surface area contributed by atoms with Crippen LogP contribution in [0.2, 0.25) is 0 Å². The quantitative estimate of drug-likeness (QED) is 0.799. The van der Waals surface area contributed by atoms with E-state index in [-0.39, 0.29) is 11.4 Å². The Kier molecular flexibility index (Phi) is 4.72. The number of rotatable bonds is 6. The van der Waals surface area contributed by atoms with Gasteiger partial charge in [-0.05, 0) is 12.1 Å². The molecular weight excluding hydrogens is 306 g/mol. The van der Waals surface area contributed by atoms with Gasteiger partial charge in [0.1, 0.15) is 0 Å². The van der Waals surface area contributed by atoms with E-state index in [0.29, 0.717) is 11.5 Å². The summed E-state index contributed by atoms with van der Waals surface area (Å²) < 4.78 is 38.4. The number of ether oxygens (including phenoxy) is 2. The molecule has 0 unspecified atom stereocenters. The van der Waals surface area contributed by atoms with Crippen LogP contribution in [0, 0.1) is 0 Å². The molecule has 0 radical (unpaired) electrons. The summed E-state index contributed by atoms with van der Waals surface area (Å²) in [5, 5.41) is 4.03. The average Bonchev–Trinajstić information content (AvgIpc) is 2.91. The van der Waals surface area contributed by atoms with Crippen LogP contribution in [0.25, 0.3) is 0 Å². The number of hydrogen-bond acceptors (Lipinski definition) is 5. The van der Waals surface area contributed by atoms with Crippen molar-refractivity contribution in [3.8, 4) is 11.5 Å². The van der Waals surface area contributed by atoms with Crippen LogP contribution in [-0.2, 0) is 23.6 Å². The highest BCUT2D eigenvalue weighted by atomic mass is 32.2. The monoisotopic (exact) mass is 325 g/mol. The number of benzene rings is 1. The topological polar surface area (TPSA) is 73.7 Å². The maximum absolute atomic E-state index is 12.6. The number of sulfonamides is 1. The lowest BCUT2D eigenvalue weighted by Gasteiger charge is -2.17. The Labute approximate surface area is 130 Å². The SMILES string of the molecule is COc1ccc(S(=O)(=O)N(C)Cc2cnn(C)c2)cc1OC. The lowest BCUT2D eigenvalue weighted by Crippen LogP contribution is -2.26. The van der Waals surface area contributed by atoms with Gasteiger partial charge in [-0.25, -0.2) is 8.42 Å². The van der Waals surface area contributed by atoms with Gasteiger partial charge < -0.3 is 9.47 Å². The first-order chi connectivity index (χ1) is 10.4. The van der Waals surface area contributed by atoms with Crippen molar-refractivity contribution < 1.29 is 17.9 Å². The molecule has 0 amide bonds. The van der Waals surface area contributed by atoms with Gasteiger partial charge in [-0.1, -0.05) is 0 Å². The van der Waals surface area contributed by atoms with E-state index >= 15 is 0 Å². The largest absolute Gasteiger partial charge is 0.493 e. The molecule has 1 heterocycles. The van der Waals surface area contributed by atoms with Crippen molar-refractivity contribution in [1.29, 1.82) is 0 Å². The molecule has 120 valence electrons. The highest BCUT2D eigenvalue weighted by Gasteiger charge is 2.23. The molecule has 0 aliphatic carbocycles. The Hall–Kier alpha value is -2.06. The zero-order valence-electron chi connectivity index (χ0n) is 13.0. The number of hydrogen-bond donors (Lipinski definition) is 0. The van der Waals surface area contributed by atoms with E-state index < -0.39 is 10.0 Å². The zero-order valence-corrected chi connectivity index (χ0v) is 13.8. The molecule has 0 fully saturated rings. The summed E-state index contributed by atoms with van der Waals surface area (Å²) in [5.41, 5.74) is 0.814. The smallest absolute Gasteiger partial charge is 0.243 e. The first-order valence-corrected chi connectivity index (χ1v) is 7.98. The average molecular weight is 325 g/mol.